The molecule has 0 saturated heterocycles. The van der Waals surface area contributed by atoms with E-state index in [4.69, 9.17) is 4.74 Å². The van der Waals surface area contributed by atoms with Gasteiger partial charge >= 0.3 is 18.3 Å². The first kappa shape index (κ1) is 34.7. The number of esters is 1. The van der Waals surface area contributed by atoms with Gasteiger partial charge in [-0.25, -0.2) is 13.6 Å². The van der Waals surface area contributed by atoms with E-state index in [9.17, 15) is 40.3 Å². The predicted molar refractivity (Wildman–Crippen MR) is 154 cm³/mol. The molecule has 0 aliphatic rings. The van der Waals surface area contributed by atoms with E-state index >= 15 is 4.39 Å². The number of carbonyl (C=O) groups excluding carboxylic acids is 2. The Morgan fingerprint density at radius 1 is 0.745 bits per heavy atom. The van der Waals surface area contributed by atoms with Gasteiger partial charge in [-0.05, 0) is 72.1 Å². The molecule has 0 heterocycles. The summed E-state index contributed by atoms with van der Waals surface area (Å²) >= 11 is 0. The van der Waals surface area contributed by atoms with Crippen LogP contribution in [0.25, 0.3) is 0 Å². The summed E-state index contributed by atoms with van der Waals surface area (Å²) in [5, 5.41) is 2.55. The molecule has 47 heavy (non-hydrogen) atoms. The maximum absolute atomic E-state index is 15.1. The molecule has 4 aromatic rings. The van der Waals surface area contributed by atoms with E-state index in [-0.39, 0.29) is 23.8 Å². The number of halogens is 8. The van der Waals surface area contributed by atoms with Crippen molar-refractivity contribution in [1.82, 2.24) is 5.32 Å². The van der Waals surface area contributed by atoms with Crippen LogP contribution in [0.2, 0.25) is 0 Å². The molecule has 0 saturated carbocycles. The van der Waals surface area contributed by atoms with Crippen molar-refractivity contribution in [3.05, 3.63) is 148 Å². The first-order chi connectivity index (χ1) is 22.0. The van der Waals surface area contributed by atoms with Gasteiger partial charge in [0.1, 0.15) is 11.6 Å². The van der Waals surface area contributed by atoms with Crippen molar-refractivity contribution < 1.29 is 54.2 Å². The SMILES string of the molecule is COC(=O)/C=C(\C)Oc1cc([C@@](Cc2ccccc2)(NC(=O)c2cccc(C(F)(F)F)c2)c2cc(F)cc(C(F)(F)F)c2)ccc1F. The Morgan fingerprint density at radius 2 is 1.40 bits per heavy atom. The van der Waals surface area contributed by atoms with Gasteiger partial charge in [-0.1, -0.05) is 42.5 Å². The van der Waals surface area contributed by atoms with Gasteiger partial charge in [0.2, 0.25) is 0 Å². The Hall–Kier alpha value is -5.20. The number of ether oxygens (including phenoxy) is 2. The first-order valence-corrected chi connectivity index (χ1v) is 13.7. The summed E-state index contributed by atoms with van der Waals surface area (Å²) in [5.41, 5.74) is -5.50. The highest BCUT2D eigenvalue weighted by atomic mass is 19.4. The molecule has 4 aromatic carbocycles. The fraction of sp³-hybridized carbons (Fsp3) is 0.176. The lowest BCUT2D eigenvalue weighted by atomic mass is 9.77. The number of carbonyl (C=O) groups is 2. The zero-order chi connectivity index (χ0) is 34.6. The van der Waals surface area contributed by atoms with Crippen LogP contribution in [-0.4, -0.2) is 19.0 Å². The van der Waals surface area contributed by atoms with Crippen LogP contribution < -0.4 is 10.1 Å². The summed E-state index contributed by atoms with van der Waals surface area (Å²) in [4.78, 5) is 25.4. The molecule has 0 fully saturated rings. The lowest BCUT2D eigenvalue weighted by Crippen LogP contribution is -2.49. The van der Waals surface area contributed by atoms with E-state index in [0.29, 0.717) is 17.7 Å². The number of nitrogens with one attached hydrogen (secondary N) is 1. The highest BCUT2D eigenvalue weighted by Gasteiger charge is 2.41. The van der Waals surface area contributed by atoms with Crippen LogP contribution in [0, 0.1) is 11.6 Å². The Morgan fingerprint density at radius 3 is 2.04 bits per heavy atom. The van der Waals surface area contributed by atoms with Crippen LogP contribution in [0.4, 0.5) is 35.1 Å². The number of amides is 1. The van der Waals surface area contributed by atoms with E-state index in [1.54, 1.807) is 30.3 Å². The van der Waals surface area contributed by atoms with E-state index in [2.05, 4.69) is 10.1 Å². The number of benzene rings is 4. The van der Waals surface area contributed by atoms with Crippen molar-refractivity contribution in [3.63, 3.8) is 0 Å². The second kappa shape index (κ2) is 13.7. The maximum atomic E-state index is 15.1. The number of rotatable bonds is 9. The van der Waals surface area contributed by atoms with Gasteiger partial charge in [-0.2, -0.15) is 26.3 Å². The highest BCUT2D eigenvalue weighted by Crippen LogP contribution is 2.40. The molecule has 0 aliphatic carbocycles. The van der Waals surface area contributed by atoms with Crippen LogP contribution >= 0.6 is 0 Å². The zero-order valence-corrected chi connectivity index (χ0v) is 24.6. The number of methoxy groups -OCH3 is 1. The first-order valence-electron chi connectivity index (χ1n) is 13.7. The summed E-state index contributed by atoms with van der Waals surface area (Å²) in [6, 6.07) is 15.8. The monoisotopic (exact) mass is 663 g/mol. The third-order valence-electron chi connectivity index (χ3n) is 7.03. The van der Waals surface area contributed by atoms with Gasteiger partial charge in [-0.3, -0.25) is 4.79 Å². The normalized spacial score (nSPS) is 13.4. The molecule has 0 unspecified atom stereocenters. The van der Waals surface area contributed by atoms with Crippen LogP contribution in [-0.2, 0) is 33.8 Å². The number of hydrogen-bond acceptors (Lipinski definition) is 4. The van der Waals surface area contributed by atoms with E-state index in [0.717, 1.165) is 55.7 Å². The average molecular weight is 664 g/mol. The quantitative estimate of drug-likeness (QED) is 0.0846. The molecule has 246 valence electrons. The molecule has 0 spiro atoms. The Kier molecular flexibility index (Phi) is 10.1. The van der Waals surface area contributed by atoms with Crippen LogP contribution in [0.15, 0.2) is 103 Å². The second-order valence-corrected chi connectivity index (χ2v) is 10.4. The molecule has 5 nitrogen and oxygen atoms in total. The minimum absolute atomic E-state index is 0.136. The lowest BCUT2D eigenvalue weighted by molar-refractivity contribution is -0.138. The third kappa shape index (κ3) is 8.34. The van der Waals surface area contributed by atoms with Gasteiger partial charge in [0.25, 0.3) is 5.91 Å². The Balaban J connectivity index is 2.02. The standard InChI is InChI=1S/C34H25F8NO4/c1-20(13-30(44)46-2)47-29-18-23(11-12-28(29)36)32(19-21-7-4-3-5-8-21,25-15-26(34(40,41)42)17-27(35)16-25)43-31(45)22-9-6-10-24(14-22)33(37,38)39/h3-18H,19H2,1-2H3,(H,43,45)/b20-13+/t32-/m1/s1. The van der Waals surface area contributed by atoms with Crippen molar-refractivity contribution in [2.75, 3.05) is 7.11 Å². The molecular formula is C34H25F8NO4. The van der Waals surface area contributed by atoms with Crippen LogP contribution in [0.1, 0.15) is 45.1 Å². The largest absolute Gasteiger partial charge is 0.466 e. The van der Waals surface area contributed by atoms with Crippen molar-refractivity contribution in [2.45, 2.75) is 31.2 Å². The van der Waals surface area contributed by atoms with Crippen molar-refractivity contribution in [3.8, 4) is 5.75 Å². The molecule has 0 radical (unpaired) electrons. The molecule has 0 aromatic heterocycles. The fourth-order valence-electron chi connectivity index (χ4n) is 4.84. The third-order valence-corrected chi connectivity index (χ3v) is 7.03. The van der Waals surface area contributed by atoms with E-state index < -0.39 is 69.4 Å². The van der Waals surface area contributed by atoms with Crippen molar-refractivity contribution in [2.24, 2.45) is 0 Å². The molecule has 0 aliphatic heterocycles. The molecule has 1 N–H and O–H groups in total. The van der Waals surface area contributed by atoms with Gasteiger partial charge < -0.3 is 14.8 Å². The summed E-state index contributed by atoms with van der Waals surface area (Å²) < 4.78 is 122. The molecule has 1 atom stereocenters. The van der Waals surface area contributed by atoms with Gasteiger partial charge in [0.15, 0.2) is 11.6 Å². The van der Waals surface area contributed by atoms with Gasteiger partial charge in [0.05, 0.1) is 29.9 Å². The number of hydrogen-bond donors (Lipinski definition) is 1. The molecule has 1 amide bonds. The Labute approximate surface area is 263 Å². The number of allylic oxidation sites excluding steroid dienone is 1. The zero-order valence-electron chi connectivity index (χ0n) is 24.6. The van der Waals surface area contributed by atoms with Crippen LogP contribution in [0.3, 0.4) is 0 Å². The summed E-state index contributed by atoms with van der Waals surface area (Å²) in [7, 11) is 1.09. The van der Waals surface area contributed by atoms with Crippen molar-refractivity contribution >= 4 is 11.9 Å². The van der Waals surface area contributed by atoms with Gasteiger partial charge in [-0.15, -0.1) is 0 Å². The smallest absolute Gasteiger partial charge is 0.416 e. The molecule has 13 heteroatoms. The predicted octanol–water partition coefficient (Wildman–Crippen LogP) is 8.37. The average Bonchev–Trinajstić information content (AvgIpc) is 3.01. The summed E-state index contributed by atoms with van der Waals surface area (Å²) in [5.74, 6) is -5.03. The lowest BCUT2D eigenvalue weighted by Gasteiger charge is -2.37. The minimum Gasteiger partial charge on any atom is -0.466 e. The highest BCUT2D eigenvalue weighted by molar-refractivity contribution is 5.95. The molecule has 0 bridgehead atoms. The van der Waals surface area contributed by atoms with Gasteiger partial charge in [0, 0.05) is 12.0 Å². The van der Waals surface area contributed by atoms with E-state index in [1.807, 2.05) is 0 Å². The van der Waals surface area contributed by atoms with Crippen LogP contribution in [0.5, 0.6) is 5.75 Å². The van der Waals surface area contributed by atoms with Crippen molar-refractivity contribution in [1.29, 1.82) is 0 Å². The minimum atomic E-state index is -5.05. The summed E-state index contributed by atoms with van der Waals surface area (Å²) in [6.45, 7) is 1.29. The Bertz CT molecular complexity index is 1800. The second-order valence-electron chi connectivity index (χ2n) is 10.4. The maximum Gasteiger partial charge on any atom is 0.416 e. The fourth-order valence-corrected chi connectivity index (χ4v) is 4.84. The summed E-state index contributed by atoms with van der Waals surface area (Å²) in [6.07, 6.45) is -9.38. The van der Waals surface area contributed by atoms with E-state index in [1.165, 1.54) is 6.92 Å². The molecule has 4 rings (SSSR count). The molecular weight excluding hydrogens is 638 g/mol. The topological polar surface area (TPSA) is 64.6 Å². The number of alkyl halides is 6.